The van der Waals surface area contributed by atoms with Crippen molar-refractivity contribution in [3.05, 3.63) is 35.9 Å². The number of hydrogen-bond donors (Lipinski definition) is 0. The zero-order chi connectivity index (χ0) is 10.6. The van der Waals surface area contributed by atoms with E-state index in [4.69, 9.17) is 46.4 Å². The Morgan fingerprint density at radius 3 is 2.21 bits per heavy atom. The van der Waals surface area contributed by atoms with Gasteiger partial charge in [-0.1, -0.05) is 76.7 Å². The minimum atomic E-state index is -1.63. The van der Waals surface area contributed by atoms with Crippen LogP contribution >= 0.6 is 46.4 Å². The Morgan fingerprint density at radius 2 is 1.71 bits per heavy atom. The smallest absolute Gasteiger partial charge is 0.242 e. The fraction of sp³-hybridized carbons (Fsp3) is 0.222. The number of benzene rings is 1. The molecule has 0 N–H and O–H groups in total. The number of nitrogens with zero attached hydrogens (tertiary/aromatic N) is 1. The van der Waals surface area contributed by atoms with Crippen LogP contribution in [0.2, 0.25) is 0 Å². The molecule has 1 aromatic carbocycles. The second-order valence-electron chi connectivity index (χ2n) is 2.59. The standard InChI is InChI=1S/C9H7Cl4N/c10-8(9(11,12)13)14-6-7-4-2-1-3-5-7/h1-5H,6H2. The van der Waals surface area contributed by atoms with E-state index in [9.17, 15) is 0 Å². The maximum Gasteiger partial charge on any atom is 0.242 e. The van der Waals surface area contributed by atoms with Gasteiger partial charge in [-0.15, -0.1) is 0 Å². The SMILES string of the molecule is ClC(=NCc1ccccc1)C(Cl)(Cl)Cl. The van der Waals surface area contributed by atoms with Gasteiger partial charge in [0.05, 0.1) is 6.54 Å². The molecule has 14 heavy (non-hydrogen) atoms. The first-order valence-corrected chi connectivity index (χ1v) is 5.32. The largest absolute Gasteiger partial charge is 0.269 e. The first-order chi connectivity index (χ1) is 6.50. The number of hydrogen-bond acceptors (Lipinski definition) is 1. The lowest BCUT2D eigenvalue weighted by Crippen LogP contribution is -2.12. The molecular formula is C9H7Cl4N. The van der Waals surface area contributed by atoms with E-state index in [1.54, 1.807) is 0 Å². The molecule has 0 saturated carbocycles. The molecule has 5 heteroatoms. The van der Waals surface area contributed by atoms with Crippen LogP contribution in [0.5, 0.6) is 0 Å². The van der Waals surface area contributed by atoms with Gasteiger partial charge in [0, 0.05) is 0 Å². The summed E-state index contributed by atoms with van der Waals surface area (Å²) in [4.78, 5) is 3.95. The maximum absolute atomic E-state index is 5.66. The summed E-state index contributed by atoms with van der Waals surface area (Å²) < 4.78 is -1.63. The van der Waals surface area contributed by atoms with Crippen LogP contribution in [0.4, 0.5) is 0 Å². The lowest BCUT2D eigenvalue weighted by Gasteiger charge is -2.07. The van der Waals surface area contributed by atoms with Crippen molar-refractivity contribution in [3.8, 4) is 0 Å². The van der Waals surface area contributed by atoms with Crippen LogP contribution in [0.25, 0.3) is 0 Å². The Kier molecular flexibility index (Phi) is 4.52. The number of aliphatic imine (C=N–C) groups is 1. The fourth-order valence-electron chi connectivity index (χ4n) is 0.834. The molecular weight excluding hydrogens is 264 g/mol. The number of rotatable bonds is 2. The van der Waals surface area contributed by atoms with E-state index >= 15 is 0 Å². The van der Waals surface area contributed by atoms with E-state index in [1.807, 2.05) is 30.3 Å². The molecule has 0 atom stereocenters. The summed E-state index contributed by atoms with van der Waals surface area (Å²) in [5.41, 5.74) is 1.01. The van der Waals surface area contributed by atoms with Crippen LogP contribution in [-0.2, 0) is 6.54 Å². The van der Waals surface area contributed by atoms with Crippen molar-refractivity contribution in [2.24, 2.45) is 4.99 Å². The van der Waals surface area contributed by atoms with Crippen LogP contribution < -0.4 is 0 Å². The summed E-state index contributed by atoms with van der Waals surface area (Å²) in [5, 5.41) is -0.0219. The molecule has 1 nitrogen and oxygen atoms in total. The van der Waals surface area contributed by atoms with Gasteiger partial charge in [0.1, 0.15) is 0 Å². The van der Waals surface area contributed by atoms with Gasteiger partial charge in [-0.25, -0.2) is 0 Å². The van der Waals surface area contributed by atoms with E-state index < -0.39 is 3.79 Å². The lowest BCUT2D eigenvalue weighted by atomic mass is 10.2. The van der Waals surface area contributed by atoms with Gasteiger partial charge in [0.2, 0.25) is 3.79 Å². The molecule has 0 radical (unpaired) electrons. The zero-order valence-electron chi connectivity index (χ0n) is 7.05. The van der Waals surface area contributed by atoms with Gasteiger partial charge in [0.15, 0.2) is 5.17 Å². The molecule has 1 rings (SSSR count). The van der Waals surface area contributed by atoms with Gasteiger partial charge in [-0.05, 0) is 5.56 Å². The highest BCUT2D eigenvalue weighted by Gasteiger charge is 2.25. The van der Waals surface area contributed by atoms with Crippen LogP contribution in [0.1, 0.15) is 5.56 Å². The predicted octanol–water partition coefficient (Wildman–Crippen LogP) is 4.19. The second-order valence-corrected chi connectivity index (χ2v) is 5.23. The third kappa shape index (κ3) is 4.05. The Labute approximate surface area is 103 Å². The van der Waals surface area contributed by atoms with Crippen molar-refractivity contribution in [1.82, 2.24) is 0 Å². The predicted molar refractivity (Wildman–Crippen MR) is 63.7 cm³/mol. The molecule has 0 aromatic heterocycles. The van der Waals surface area contributed by atoms with Crippen molar-refractivity contribution < 1.29 is 0 Å². The Bertz CT molecular complexity index is 315. The monoisotopic (exact) mass is 269 g/mol. The molecule has 0 spiro atoms. The fourth-order valence-corrected chi connectivity index (χ4v) is 1.07. The topological polar surface area (TPSA) is 12.4 Å². The van der Waals surface area contributed by atoms with Gasteiger partial charge in [-0.2, -0.15) is 0 Å². The number of alkyl halides is 3. The quantitative estimate of drug-likeness (QED) is 0.564. The average molecular weight is 271 g/mol. The summed E-state index contributed by atoms with van der Waals surface area (Å²) in [6.07, 6.45) is 0. The van der Waals surface area contributed by atoms with Crippen LogP contribution in [-0.4, -0.2) is 8.96 Å². The summed E-state index contributed by atoms with van der Waals surface area (Å²) in [5.74, 6) is 0. The van der Waals surface area contributed by atoms with Gasteiger partial charge >= 0.3 is 0 Å². The zero-order valence-corrected chi connectivity index (χ0v) is 10.1. The Hall–Kier alpha value is 0.0500. The van der Waals surface area contributed by atoms with E-state index in [0.29, 0.717) is 6.54 Å². The molecule has 0 saturated heterocycles. The molecule has 0 amide bonds. The van der Waals surface area contributed by atoms with Crippen LogP contribution in [0.15, 0.2) is 35.3 Å². The molecule has 0 unspecified atom stereocenters. The highest BCUT2D eigenvalue weighted by atomic mass is 35.6. The normalized spacial score (nSPS) is 13.0. The molecule has 1 aromatic rings. The van der Waals surface area contributed by atoms with Crippen molar-refractivity contribution in [2.75, 3.05) is 0 Å². The van der Waals surface area contributed by atoms with Crippen LogP contribution in [0.3, 0.4) is 0 Å². The third-order valence-corrected chi connectivity index (χ3v) is 2.71. The molecule has 0 fully saturated rings. The maximum atomic E-state index is 5.66. The molecule has 0 aliphatic rings. The molecule has 0 bridgehead atoms. The lowest BCUT2D eigenvalue weighted by molar-refractivity contribution is 1.07. The van der Waals surface area contributed by atoms with E-state index in [1.165, 1.54) is 0 Å². The summed E-state index contributed by atoms with van der Waals surface area (Å²) in [6.45, 7) is 0.410. The van der Waals surface area contributed by atoms with Crippen molar-refractivity contribution in [1.29, 1.82) is 0 Å². The van der Waals surface area contributed by atoms with Crippen LogP contribution in [0, 0.1) is 0 Å². The highest BCUT2D eigenvalue weighted by molar-refractivity contribution is 6.89. The van der Waals surface area contributed by atoms with Crippen molar-refractivity contribution in [2.45, 2.75) is 10.3 Å². The van der Waals surface area contributed by atoms with Gasteiger partial charge in [-0.3, -0.25) is 4.99 Å². The van der Waals surface area contributed by atoms with E-state index in [-0.39, 0.29) is 5.17 Å². The van der Waals surface area contributed by atoms with E-state index in [2.05, 4.69) is 4.99 Å². The molecule has 0 heterocycles. The van der Waals surface area contributed by atoms with Crippen molar-refractivity contribution in [3.63, 3.8) is 0 Å². The second kappa shape index (κ2) is 5.22. The summed E-state index contributed by atoms with van der Waals surface area (Å²) in [6, 6.07) is 9.59. The Morgan fingerprint density at radius 1 is 1.14 bits per heavy atom. The average Bonchev–Trinajstić information content (AvgIpc) is 2.14. The van der Waals surface area contributed by atoms with Gasteiger partial charge < -0.3 is 0 Å². The Balaban J connectivity index is 2.65. The minimum Gasteiger partial charge on any atom is -0.269 e. The first-order valence-electron chi connectivity index (χ1n) is 3.81. The molecule has 0 aliphatic heterocycles. The molecule has 0 aliphatic carbocycles. The van der Waals surface area contributed by atoms with Crippen molar-refractivity contribution >= 4 is 51.6 Å². The van der Waals surface area contributed by atoms with Gasteiger partial charge in [0.25, 0.3) is 0 Å². The third-order valence-electron chi connectivity index (χ3n) is 1.48. The first kappa shape index (κ1) is 12.1. The summed E-state index contributed by atoms with van der Waals surface area (Å²) in [7, 11) is 0. The highest BCUT2D eigenvalue weighted by Crippen LogP contribution is 2.30. The number of halogens is 4. The summed E-state index contributed by atoms with van der Waals surface area (Å²) >= 11 is 22.2. The molecule has 76 valence electrons. The van der Waals surface area contributed by atoms with E-state index in [0.717, 1.165) is 5.56 Å². The minimum absolute atomic E-state index is 0.0219.